The van der Waals surface area contributed by atoms with Crippen molar-refractivity contribution >= 4 is 29.1 Å². The van der Waals surface area contributed by atoms with Crippen molar-refractivity contribution in [2.45, 2.75) is 19.8 Å². The summed E-state index contributed by atoms with van der Waals surface area (Å²) in [5.74, 6) is 2.88. The normalized spacial score (nSPS) is 15.8. The van der Waals surface area contributed by atoms with E-state index in [9.17, 15) is 4.79 Å². The van der Waals surface area contributed by atoms with Crippen molar-refractivity contribution in [2.75, 3.05) is 35.7 Å². The SMILES string of the molecule is CCOC(=O)c1ccc(N)c(NCC2CCSCC2)c1. The van der Waals surface area contributed by atoms with Crippen LogP contribution in [0.1, 0.15) is 30.1 Å². The molecule has 0 spiro atoms. The van der Waals surface area contributed by atoms with Gasteiger partial charge in [-0.15, -0.1) is 0 Å². The summed E-state index contributed by atoms with van der Waals surface area (Å²) in [6.45, 7) is 3.10. The maximum absolute atomic E-state index is 11.7. The molecule has 1 fully saturated rings. The molecule has 110 valence electrons. The van der Waals surface area contributed by atoms with Gasteiger partial charge in [0.25, 0.3) is 0 Å². The first-order chi connectivity index (χ1) is 9.70. The highest BCUT2D eigenvalue weighted by Gasteiger charge is 2.14. The van der Waals surface area contributed by atoms with Crippen LogP contribution >= 0.6 is 11.8 Å². The fraction of sp³-hybridized carbons (Fsp3) is 0.533. The van der Waals surface area contributed by atoms with E-state index in [1.165, 1.54) is 24.3 Å². The van der Waals surface area contributed by atoms with E-state index in [1.807, 2.05) is 11.8 Å². The third-order valence-corrected chi connectivity index (χ3v) is 4.54. The number of nitrogens with two attached hydrogens (primary N) is 1. The summed E-state index contributed by atoms with van der Waals surface area (Å²) in [7, 11) is 0. The maximum atomic E-state index is 11.7. The lowest BCUT2D eigenvalue weighted by Crippen LogP contribution is -2.19. The van der Waals surface area contributed by atoms with E-state index in [1.54, 1.807) is 25.1 Å². The Kier molecular flexibility index (Phi) is 5.59. The molecule has 1 saturated heterocycles. The van der Waals surface area contributed by atoms with Gasteiger partial charge in [-0.2, -0.15) is 11.8 Å². The monoisotopic (exact) mass is 294 g/mol. The lowest BCUT2D eigenvalue weighted by atomic mass is 10.0. The van der Waals surface area contributed by atoms with Gasteiger partial charge >= 0.3 is 5.97 Å². The van der Waals surface area contributed by atoms with Crippen LogP contribution in [-0.4, -0.2) is 30.6 Å². The van der Waals surface area contributed by atoms with E-state index >= 15 is 0 Å². The van der Waals surface area contributed by atoms with Crippen molar-refractivity contribution in [2.24, 2.45) is 5.92 Å². The number of nitrogen functional groups attached to an aromatic ring is 1. The number of carbonyl (C=O) groups excluding carboxylic acids is 1. The lowest BCUT2D eigenvalue weighted by molar-refractivity contribution is 0.0526. The predicted molar refractivity (Wildman–Crippen MR) is 85.3 cm³/mol. The topological polar surface area (TPSA) is 64.3 Å². The van der Waals surface area contributed by atoms with Crippen LogP contribution in [0.2, 0.25) is 0 Å². The molecule has 0 bridgehead atoms. The highest BCUT2D eigenvalue weighted by Crippen LogP contribution is 2.25. The molecule has 0 unspecified atom stereocenters. The average Bonchev–Trinajstić information content (AvgIpc) is 2.47. The molecule has 0 aromatic heterocycles. The quantitative estimate of drug-likeness (QED) is 0.645. The number of esters is 1. The summed E-state index contributed by atoms with van der Waals surface area (Å²) in [5, 5.41) is 3.38. The highest BCUT2D eigenvalue weighted by atomic mass is 32.2. The molecule has 0 aliphatic carbocycles. The molecule has 4 nitrogen and oxygen atoms in total. The van der Waals surface area contributed by atoms with Crippen molar-refractivity contribution in [1.29, 1.82) is 0 Å². The molecule has 1 aromatic rings. The molecule has 0 radical (unpaired) electrons. The molecule has 0 atom stereocenters. The zero-order valence-electron chi connectivity index (χ0n) is 11.9. The van der Waals surface area contributed by atoms with Gasteiger partial charge < -0.3 is 15.8 Å². The molecule has 3 N–H and O–H groups in total. The molecule has 1 aromatic carbocycles. The Bertz CT molecular complexity index is 459. The number of hydrogen-bond acceptors (Lipinski definition) is 5. The summed E-state index contributed by atoms with van der Waals surface area (Å²) in [6.07, 6.45) is 2.49. The van der Waals surface area contributed by atoms with Crippen molar-refractivity contribution < 1.29 is 9.53 Å². The first-order valence-corrected chi connectivity index (χ1v) is 8.24. The first-order valence-electron chi connectivity index (χ1n) is 7.09. The molecule has 1 heterocycles. The standard InChI is InChI=1S/C15H22N2O2S/c1-2-19-15(18)12-3-4-13(16)14(9-12)17-10-11-5-7-20-8-6-11/h3-4,9,11,17H,2,5-8,10,16H2,1H3. The smallest absolute Gasteiger partial charge is 0.338 e. The Morgan fingerprint density at radius 2 is 2.20 bits per heavy atom. The van der Waals surface area contributed by atoms with Crippen LogP contribution in [0.3, 0.4) is 0 Å². The number of ether oxygens (including phenoxy) is 1. The van der Waals surface area contributed by atoms with E-state index in [4.69, 9.17) is 10.5 Å². The summed E-state index contributed by atoms with van der Waals surface area (Å²) >= 11 is 2.02. The Morgan fingerprint density at radius 1 is 1.45 bits per heavy atom. The van der Waals surface area contributed by atoms with Crippen molar-refractivity contribution in [3.63, 3.8) is 0 Å². The molecular formula is C15H22N2O2S. The van der Waals surface area contributed by atoms with Crippen LogP contribution in [-0.2, 0) is 4.74 Å². The van der Waals surface area contributed by atoms with Gasteiger partial charge in [0, 0.05) is 6.54 Å². The molecule has 20 heavy (non-hydrogen) atoms. The number of nitrogens with one attached hydrogen (secondary N) is 1. The van der Waals surface area contributed by atoms with E-state index < -0.39 is 0 Å². The summed E-state index contributed by atoms with van der Waals surface area (Å²) < 4.78 is 5.01. The van der Waals surface area contributed by atoms with Crippen molar-refractivity contribution in [1.82, 2.24) is 0 Å². The van der Waals surface area contributed by atoms with Crippen molar-refractivity contribution in [3.05, 3.63) is 23.8 Å². The third kappa shape index (κ3) is 4.07. The second-order valence-corrected chi connectivity index (χ2v) is 6.18. The molecule has 0 saturated carbocycles. The van der Waals surface area contributed by atoms with Crippen LogP contribution in [0.4, 0.5) is 11.4 Å². The minimum Gasteiger partial charge on any atom is -0.462 e. The molecule has 2 rings (SSSR count). The number of carbonyl (C=O) groups is 1. The number of thioether (sulfide) groups is 1. The molecule has 1 aliphatic heterocycles. The van der Waals surface area contributed by atoms with E-state index in [-0.39, 0.29) is 5.97 Å². The van der Waals surface area contributed by atoms with Crippen LogP contribution in [0.25, 0.3) is 0 Å². The van der Waals surface area contributed by atoms with Gasteiger partial charge in [0.15, 0.2) is 0 Å². The van der Waals surface area contributed by atoms with Gasteiger partial charge in [-0.1, -0.05) is 0 Å². The number of benzene rings is 1. The van der Waals surface area contributed by atoms with Crippen LogP contribution < -0.4 is 11.1 Å². The molecule has 1 aliphatic rings. The predicted octanol–water partition coefficient (Wildman–Crippen LogP) is 3.00. The summed E-state index contributed by atoms with van der Waals surface area (Å²) in [6, 6.07) is 5.24. The Labute approximate surface area is 124 Å². The third-order valence-electron chi connectivity index (χ3n) is 3.49. The summed E-state index contributed by atoms with van der Waals surface area (Å²) in [4.78, 5) is 11.7. The van der Waals surface area contributed by atoms with Crippen LogP contribution in [0.15, 0.2) is 18.2 Å². The minimum absolute atomic E-state index is 0.301. The first kappa shape index (κ1) is 15.0. The van der Waals surface area contributed by atoms with Gasteiger partial charge in [-0.25, -0.2) is 4.79 Å². The zero-order valence-corrected chi connectivity index (χ0v) is 12.7. The molecule has 5 heteroatoms. The van der Waals surface area contributed by atoms with E-state index in [2.05, 4.69) is 5.32 Å². The van der Waals surface area contributed by atoms with Gasteiger partial charge in [-0.05, 0) is 55.4 Å². The fourth-order valence-corrected chi connectivity index (χ4v) is 3.46. The highest BCUT2D eigenvalue weighted by molar-refractivity contribution is 7.99. The van der Waals surface area contributed by atoms with Crippen LogP contribution in [0.5, 0.6) is 0 Å². The minimum atomic E-state index is -0.301. The van der Waals surface area contributed by atoms with E-state index in [0.29, 0.717) is 23.8 Å². The largest absolute Gasteiger partial charge is 0.462 e. The van der Waals surface area contributed by atoms with E-state index in [0.717, 1.165) is 12.2 Å². The Balaban J connectivity index is 1.98. The van der Waals surface area contributed by atoms with Crippen molar-refractivity contribution in [3.8, 4) is 0 Å². The lowest BCUT2D eigenvalue weighted by Gasteiger charge is -2.22. The van der Waals surface area contributed by atoms with Gasteiger partial charge in [-0.3, -0.25) is 0 Å². The van der Waals surface area contributed by atoms with Gasteiger partial charge in [0.2, 0.25) is 0 Å². The second kappa shape index (κ2) is 7.43. The second-order valence-electron chi connectivity index (χ2n) is 4.96. The zero-order chi connectivity index (χ0) is 14.4. The number of rotatable bonds is 5. The average molecular weight is 294 g/mol. The van der Waals surface area contributed by atoms with Gasteiger partial charge in [0.1, 0.15) is 0 Å². The maximum Gasteiger partial charge on any atom is 0.338 e. The summed E-state index contributed by atoms with van der Waals surface area (Å²) in [5.41, 5.74) is 8.00. The van der Waals surface area contributed by atoms with Gasteiger partial charge in [0.05, 0.1) is 23.5 Å². The Morgan fingerprint density at radius 3 is 2.90 bits per heavy atom. The van der Waals surface area contributed by atoms with Crippen LogP contribution in [0, 0.1) is 5.92 Å². The molecular weight excluding hydrogens is 272 g/mol. The molecule has 0 amide bonds. The number of anilines is 2. The Hall–Kier alpha value is -1.36. The number of hydrogen-bond donors (Lipinski definition) is 2. The fourth-order valence-electron chi connectivity index (χ4n) is 2.26.